The first-order valence-electron chi connectivity index (χ1n) is 7.95. The summed E-state index contributed by atoms with van der Waals surface area (Å²) < 4.78 is 5.65. The molecule has 1 N–H and O–H groups in total. The molecule has 2 atom stereocenters. The van der Waals surface area contributed by atoms with Gasteiger partial charge in [0.05, 0.1) is 6.61 Å². The summed E-state index contributed by atoms with van der Waals surface area (Å²) in [5, 5.41) is 3.46. The van der Waals surface area contributed by atoms with Gasteiger partial charge in [0.15, 0.2) is 0 Å². The molecular weight excluding hydrogens is 248 g/mol. The lowest BCUT2D eigenvalue weighted by molar-refractivity contribution is 0.162. The van der Waals surface area contributed by atoms with E-state index in [0.717, 1.165) is 38.4 Å². The van der Waals surface area contributed by atoms with Crippen LogP contribution < -0.4 is 10.1 Å². The number of benzene rings is 1. The van der Waals surface area contributed by atoms with Crippen molar-refractivity contribution in [3.8, 4) is 5.75 Å². The molecule has 0 aromatic heterocycles. The first-order valence-corrected chi connectivity index (χ1v) is 7.95. The Morgan fingerprint density at radius 1 is 1.30 bits per heavy atom. The smallest absolute Gasteiger partial charge is 0.119 e. The van der Waals surface area contributed by atoms with Crippen molar-refractivity contribution in [2.24, 2.45) is 0 Å². The SMILES string of the molecule is CCCOc1ccc(C(C)N(CC)C2CCNC2)cc1. The molecule has 1 aromatic carbocycles. The van der Waals surface area contributed by atoms with Crippen LogP contribution in [0.5, 0.6) is 5.75 Å². The predicted molar refractivity (Wildman–Crippen MR) is 84.3 cm³/mol. The van der Waals surface area contributed by atoms with Gasteiger partial charge < -0.3 is 10.1 Å². The number of ether oxygens (including phenoxy) is 1. The molecular formula is C17H28N2O. The summed E-state index contributed by atoms with van der Waals surface area (Å²) in [6.07, 6.45) is 2.31. The van der Waals surface area contributed by atoms with Crippen LogP contribution >= 0.6 is 0 Å². The lowest BCUT2D eigenvalue weighted by Gasteiger charge is -2.33. The van der Waals surface area contributed by atoms with Gasteiger partial charge in [-0.05, 0) is 50.6 Å². The summed E-state index contributed by atoms with van der Waals surface area (Å²) in [5.41, 5.74) is 1.38. The zero-order chi connectivity index (χ0) is 14.4. The molecule has 112 valence electrons. The van der Waals surface area contributed by atoms with Gasteiger partial charge in [-0.3, -0.25) is 4.90 Å². The first kappa shape index (κ1) is 15.3. The fraction of sp³-hybridized carbons (Fsp3) is 0.647. The number of nitrogens with one attached hydrogen (secondary N) is 1. The van der Waals surface area contributed by atoms with Crippen LogP contribution in [0.1, 0.15) is 45.2 Å². The molecule has 0 bridgehead atoms. The second-order valence-electron chi connectivity index (χ2n) is 5.57. The molecule has 0 spiro atoms. The van der Waals surface area contributed by atoms with Gasteiger partial charge in [-0.15, -0.1) is 0 Å². The van der Waals surface area contributed by atoms with E-state index in [1.54, 1.807) is 0 Å². The van der Waals surface area contributed by atoms with E-state index in [4.69, 9.17) is 4.74 Å². The largest absolute Gasteiger partial charge is 0.494 e. The van der Waals surface area contributed by atoms with Gasteiger partial charge in [-0.2, -0.15) is 0 Å². The maximum Gasteiger partial charge on any atom is 0.119 e. The number of hydrogen-bond donors (Lipinski definition) is 1. The molecule has 3 heteroatoms. The Bertz CT molecular complexity index is 384. The van der Waals surface area contributed by atoms with Crippen LogP contribution in [-0.4, -0.2) is 37.2 Å². The normalized spacial score (nSPS) is 20.3. The Hall–Kier alpha value is -1.06. The molecule has 1 fully saturated rings. The first-order chi connectivity index (χ1) is 9.76. The maximum atomic E-state index is 5.65. The Morgan fingerprint density at radius 2 is 2.05 bits per heavy atom. The van der Waals surface area contributed by atoms with Crippen LogP contribution in [0.4, 0.5) is 0 Å². The van der Waals surface area contributed by atoms with Crippen molar-refractivity contribution in [3.63, 3.8) is 0 Å². The van der Waals surface area contributed by atoms with Gasteiger partial charge in [0, 0.05) is 18.6 Å². The van der Waals surface area contributed by atoms with Crippen molar-refractivity contribution >= 4 is 0 Å². The molecule has 0 aliphatic carbocycles. The number of rotatable bonds is 7. The maximum absolute atomic E-state index is 5.65. The van der Waals surface area contributed by atoms with Gasteiger partial charge >= 0.3 is 0 Å². The van der Waals surface area contributed by atoms with Crippen LogP contribution in [-0.2, 0) is 0 Å². The Labute approximate surface area is 123 Å². The lowest BCUT2D eigenvalue weighted by Crippen LogP contribution is -2.38. The highest BCUT2D eigenvalue weighted by atomic mass is 16.5. The van der Waals surface area contributed by atoms with Gasteiger partial charge in [0.1, 0.15) is 5.75 Å². The topological polar surface area (TPSA) is 24.5 Å². The fourth-order valence-electron chi connectivity index (χ4n) is 3.02. The fourth-order valence-corrected chi connectivity index (χ4v) is 3.02. The number of hydrogen-bond acceptors (Lipinski definition) is 3. The van der Waals surface area contributed by atoms with E-state index in [-0.39, 0.29) is 0 Å². The third kappa shape index (κ3) is 3.74. The van der Waals surface area contributed by atoms with Crippen LogP contribution in [0.15, 0.2) is 24.3 Å². The van der Waals surface area contributed by atoms with E-state index >= 15 is 0 Å². The summed E-state index contributed by atoms with van der Waals surface area (Å²) in [4.78, 5) is 2.60. The average molecular weight is 276 g/mol. The molecule has 0 radical (unpaired) electrons. The molecule has 1 saturated heterocycles. The van der Waals surface area contributed by atoms with Crippen molar-refractivity contribution in [3.05, 3.63) is 29.8 Å². The minimum atomic E-state index is 0.463. The van der Waals surface area contributed by atoms with Crippen LogP contribution in [0.2, 0.25) is 0 Å². The molecule has 0 amide bonds. The molecule has 20 heavy (non-hydrogen) atoms. The summed E-state index contributed by atoms with van der Waals surface area (Å²) in [6.45, 7) is 10.9. The lowest BCUT2D eigenvalue weighted by atomic mass is 10.0. The minimum absolute atomic E-state index is 0.463. The highest BCUT2D eigenvalue weighted by Gasteiger charge is 2.25. The van der Waals surface area contributed by atoms with E-state index in [1.165, 1.54) is 12.0 Å². The van der Waals surface area contributed by atoms with Gasteiger partial charge in [-0.1, -0.05) is 26.0 Å². The van der Waals surface area contributed by atoms with E-state index < -0.39 is 0 Å². The van der Waals surface area contributed by atoms with Crippen LogP contribution in [0, 0.1) is 0 Å². The molecule has 1 aromatic rings. The second kappa shape index (κ2) is 7.65. The number of likely N-dealkylation sites (N-methyl/N-ethyl adjacent to an activating group) is 1. The van der Waals surface area contributed by atoms with Gasteiger partial charge in [0.25, 0.3) is 0 Å². The van der Waals surface area contributed by atoms with Crippen molar-refractivity contribution in [2.75, 3.05) is 26.2 Å². The summed E-state index contributed by atoms with van der Waals surface area (Å²) >= 11 is 0. The van der Waals surface area contributed by atoms with Crippen LogP contribution in [0.3, 0.4) is 0 Å². The average Bonchev–Trinajstić information content (AvgIpc) is 3.00. The summed E-state index contributed by atoms with van der Waals surface area (Å²) in [7, 11) is 0. The van der Waals surface area contributed by atoms with E-state index in [2.05, 4.69) is 55.3 Å². The van der Waals surface area contributed by atoms with Gasteiger partial charge in [-0.25, -0.2) is 0 Å². The highest BCUT2D eigenvalue weighted by Crippen LogP contribution is 2.26. The molecule has 2 unspecified atom stereocenters. The highest BCUT2D eigenvalue weighted by molar-refractivity contribution is 5.29. The summed E-state index contributed by atoms with van der Waals surface area (Å²) in [6, 6.07) is 9.75. The molecule has 1 heterocycles. The predicted octanol–water partition coefficient (Wildman–Crippen LogP) is 3.22. The monoisotopic (exact) mass is 276 g/mol. The molecule has 1 aliphatic rings. The standard InChI is InChI=1S/C17H28N2O/c1-4-12-20-17-8-6-15(7-9-17)14(3)19(5-2)16-10-11-18-13-16/h6-9,14,16,18H,4-5,10-13H2,1-3H3. The Kier molecular flexibility index (Phi) is 5.86. The Balaban J connectivity index is 2.01. The minimum Gasteiger partial charge on any atom is -0.494 e. The van der Waals surface area contributed by atoms with Crippen molar-refractivity contribution in [2.45, 2.75) is 45.7 Å². The van der Waals surface area contributed by atoms with E-state index in [1.807, 2.05) is 0 Å². The zero-order valence-electron chi connectivity index (χ0n) is 13.1. The molecule has 3 nitrogen and oxygen atoms in total. The Morgan fingerprint density at radius 3 is 2.60 bits per heavy atom. The van der Waals surface area contributed by atoms with Gasteiger partial charge in [0.2, 0.25) is 0 Å². The molecule has 0 saturated carbocycles. The van der Waals surface area contributed by atoms with Crippen molar-refractivity contribution in [1.29, 1.82) is 0 Å². The zero-order valence-corrected chi connectivity index (χ0v) is 13.1. The quantitative estimate of drug-likeness (QED) is 0.827. The molecule has 1 aliphatic heterocycles. The second-order valence-corrected chi connectivity index (χ2v) is 5.57. The van der Waals surface area contributed by atoms with E-state index in [9.17, 15) is 0 Å². The van der Waals surface area contributed by atoms with Crippen molar-refractivity contribution < 1.29 is 4.74 Å². The third-order valence-corrected chi connectivity index (χ3v) is 4.20. The van der Waals surface area contributed by atoms with Crippen LogP contribution in [0.25, 0.3) is 0 Å². The number of nitrogens with zero attached hydrogens (tertiary/aromatic N) is 1. The van der Waals surface area contributed by atoms with E-state index in [0.29, 0.717) is 12.1 Å². The van der Waals surface area contributed by atoms with Crippen molar-refractivity contribution in [1.82, 2.24) is 10.2 Å². The third-order valence-electron chi connectivity index (χ3n) is 4.20. The molecule has 2 rings (SSSR count). The summed E-state index contributed by atoms with van der Waals surface area (Å²) in [5.74, 6) is 0.980.